The fourth-order valence-electron chi connectivity index (χ4n) is 4.09. The first-order valence-corrected chi connectivity index (χ1v) is 11.6. The van der Waals surface area contributed by atoms with E-state index < -0.39 is 18.6 Å². The minimum absolute atomic E-state index is 0.0572. The number of aromatic amines is 1. The molecule has 0 fully saturated rings. The molecule has 0 amide bonds. The molecule has 4 N–H and O–H groups in total. The number of pyridine rings is 1. The lowest BCUT2D eigenvalue weighted by atomic mass is 10.0. The van der Waals surface area contributed by atoms with Crippen molar-refractivity contribution in [3.8, 4) is 11.5 Å². The molecular weight excluding hydrogens is 466 g/mol. The highest BCUT2D eigenvalue weighted by atomic mass is 19.3. The van der Waals surface area contributed by atoms with E-state index in [1.54, 1.807) is 36.4 Å². The van der Waals surface area contributed by atoms with E-state index in [0.29, 0.717) is 35.2 Å². The van der Waals surface area contributed by atoms with Gasteiger partial charge in [0.1, 0.15) is 11.5 Å². The van der Waals surface area contributed by atoms with E-state index in [4.69, 9.17) is 4.74 Å². The van der Waals surface area contributed by atoms with Gasteiger partial charge in [0, 0.05) is 23.6 Å². The second-order valence-electron chi connectivity index (χ2n) is 8.71. The van der Waals surface area contributed by atoms with Crippen LogP contribution in [0.25, 0.3) is 10.9 Å². The van der Waals surface area contributed by atoms with Crippen molar-refractivity contribution in [2.75, 3.05) is 19.7 Å². The number of hydrogen-bond donors (Lipinski definition) is 4. The minimum Gasteiger partial charge on any atom is -0.506 e. The molecule has 0 aliphatic carbocycles. The van der Waals surface area contributed by atoms with Crippen molar-refractivity contribution in [3.05, 3.63) is 105 Å². The fourth-order valence-corrected chi connectivity index (χ4v) is 4.09. The number of phenols is 1. The number of aryl methyl sites for hydroxylation is 1. The predicted octanol–water partition coefficient (Wildman–Crippen LogP) is 4.58. The van der Waals surface area contributed by atoms with Crippen LogP contribution in [-0.2, 0) is 12.3 Å². The van der Waals surface area contributed by atoms with Gasteiger partial charge >= 0.3 is 5.92 Å². The summed E-state index contributed by atoms with van der Waals surface area (Å²) in [6.45, 7) is 1.93. The zero-order chi connectivity index (χ0) is 25.7. The van der Waals surface area contributed by atoms with E-state index in [1.165, 1.54) is 24.3 Å². The lowest BCUT2D eigenvalue weighted by molar-refractivity contribution is -0.0468. The molecule has 4 aromatic rings. The molecule has 0 spiro atoms. The Morgan fingerprint density at radius 2 is 1.83 bits per heavy atom. The van der Waals surface area contributed by atoms with E-state index in [0.717, 1.165) is 11.1 Å². The molecule has 4 rings (SSSR count). The van der Waals surface area contributed by atoms with Crippen LogP contribution in [0.5, 0.6) is 11.5 Å². The Morgan fingerprint density at radius 1 is 1.06 bits per heavy atom. The number of aliphatic hydroxyl groups excluding tert-OH is 1. The monoisotopic (exact) mass is 494 g/mol. The zero-order valence-electron chi connectivity index (χ0n) is 19.8. The highest BCUT2D eigenvalue weighted by molar-refractivity contribution is 5.87. The molecule has 6 nitrogen and oxygen atoms in total. The van der Waals surface area contributed by atoms with Crippen LogP contribution in [0.15, 0.2) is 77.6 Å². The molecule has 1 aromatic heterocycles. The average Bonchev–Trinajstić information content (AvgIpc) is 2.87. The van der Waals surface area contributed by atoms with Crippen molar-refractivity contribution >= 4 is 10.9 Å². The van der Waals surface area contributed by atoms with E-state index in [2.05, 4.69) is 10.3 Å². The van der Waals surface area contributed by atoms with E-state index in [1.807, 2.05) is 19.1 Å². The third kappa shape index (κ3) is 5.90. The number of benzene rings is 3. The average molecular weight is 495 g/mol. The smallest absolute Gasteiger partial charge is 0.306 e. The largest absolute Gasteiger partial charge is 0.506 e. The number of alkyl halides is 2. The van der Waals surface area contributed by atoms with Gasteiger partial charge in [-0.05, 0) is 54.8 Å². The molecule has 1 unspecified atom stereocenters. The fraction of sp³-hybridized carbons (Fsp3) is 0.250. The highest BCUT2D eigenvalue weighted by Gasteiger charge is 2.32. The van der Waals surface area contributed by atoms with Gasteiger partial charge in [-0.1, -0.05) is 48.5 Å². The van der Waals surface area contributed by atoms with Crippen LogP contribution in [0.1, 0.15) is 28.4 Å². The predicted molar refractivity (Wildman–Crippen MR) is 135 cm³/mol. The number of halogens is 2. The van der Waals surface area contributed by atoms with Crippen LogP contribution in [0.4, 0.5) is 8.78 Å². The number of rotatable bonds is 10. The van der Waals surface area contributed by atoms with E-state index >= 15 is 0 Å². The first-order chi connectivity index (χ1) is 17.2. The Hall–Kier alpha value is -3.75. The first kappa shape index (κ1) is 25.3. The minimum atomic E-state index is -3.09. The third-order valence-electron chi connectivity index (χ3n) is 6.04. The van der Waals surface area contributed by atoms with Crippen LogP contribution in [0.2, 0.25) is 0 Å². The Kier molecular flexibility index (Phi) is 7.67. The Balaban J connectivity index is 1.30. The number of H-pyrrole nitrogens is 1. The van der Waals surface area contributed by atoms with Crippen LogP contribution >= 0.6 is 0 Å². The van der Waals surface area contributed by atoms with Gasteiger partial charge in [0.15, 0.2) is 6.61 Å². The Bertz CT molecular complexity index is 1390. The molecule has 0 aliphatic heterocycles. The quantitative estimate of drug-likeness (QED) is 0.242. The number of phenolic OH excluding ortho intramolecular Hbond substituents is 1. The number of ether oxygens (including phenoxy) is 1. The van der Waals surface area contributed by atoms with Gasteiger partial charge in [-0.3, -0.25) is 4.79 Å². The molecule has 0 bridgehead atoms. The van der Waals surface area contributed by atoms with Gasteiger partial charge in [-0.25, -0.2) is 0 Å². The molecule has 3 aromatic carbocycles. The van der Waals surface area contributed by atoms with Crippen molar-refractivity contribution in [1.82, 2.24) is 10.3 Å². The molecule has 0 saturated heterocycles. The molecule has 1 heterocycles. The van der Waals surface area contributed by atoms with Gasteiger partial charge in [-0.2, -0.15) is 8.78 Å². The number of hydrogen-bond acceptors (Lipinski definition) is 5. The molecule has 36 heavy (non-hydrogen) atoms. The third-order valence-corrected chi connectivity index (χ3v) is 6.04. The van der Waals surface area contributed by atoms with Crippen molar-refractivity contribution in [2.45, 2.75) is 25.4 Å². The maximum Gasteiger partial charge on any atom is 0.306 e. The van der Waals surface area contributed by atoms with Crippen molar-refractivity contribution < 1.29 is 23.7 Å². The molecular formula is C28H28F2N2O4. The van der Waals surface area contributed by atoms with Crippen LogP contribution in [-0.4, -0.2) is 34.9 Å². The summed E-state index contributed by atoms with van der Waals surface area (Å²) in [5.74, 6) is -2.73. The topological polar surface area (TPSA) is 94.6 Å². The lowest BCUT2D eigenvalue weighted by Crippen LogP contribution is -2.24. The summed E-state index contributed by atoms with van der Waals surface area (Å²) in [7, 11) is 0. The Labute approximate surface area is 207 Å². The normalized spacial score (nSPS) is 12.6. The molecule has 0 radical (unpaired) electrons. The summed E-state index contributed by atoms with van der Waals surface area (Å²) >= 11 is 0. The van der Waals surface area contributed by atoms with Gasteiger partial charge in [-0.15, -0.1) is 0 Å². The second-order valence-corrected chi connectivity index (χ2v) is 8.71. The SMILES string of the molecule is Cc1cc(CCNCC(O)c2ccc(O)c3[nH]c(=O)ccc23)ccc1OCC(F)(F)c1ccccc1. The molecule has 8 heteroatoms. The second kappa shape index (κ2) is 10.9. The van der Waals surface area contributed by atoms with Gasteiger partial charge < -0.3 is 25.3 Å². The number of nitrogens with one attached hydrogen (secondary N) is 2. The summed E-state index contributed by atoms with van der Waals surface area (Å²) in [5, 5.41) is 24.4. The van der Waals surface area contributed by atoms with Gasteiger partial charge in [0.05, 0.1) is 11.6 Å². The van der Waals surface area contributed by atoms with Gasteiger partial charge in [0.2, 0.25) is 5.56 Å². The molecule has 1 atom stereocenters. The highest BCUT2D eigenvalue weighted by Crippen LogP contribution is 2.30. The Morgan fingerprint density at radius 3 is 2.58 bits per heavy atom. The van der Waals surface area contributed by atoms with Crippen LogP contribution in [0.3, 0.4) is 0 Å². The standard InChI is InChI=1S/C28H28F2N2O4/c1-18-15-19(7-11-25(18)36-17-28(29,30)20-5-3-2-4-6-20)13-14-31-16-24(34)21-8-10-23(33)27-22(21)9-12-26(35)32-27/h2-12,15,24,31,33-34H,13-14,16-17H2,1H3,(H,32,35). The maximum absolute atomic E-state index is 14.4. The van der Waals surface area contributed by atoms with Crippen LogP contribution in [0, 0.1) is 6.92 Å². The number of fused-ring (bicyclic) bond motifs is 1. The molecule has 188 valence electrons. The van der Waals surface area contributed by atoms with Crippen molar-refractivity contribution in [1.29, 1.82) is 0 Å². The van der Waals surface area contributed by atoms with Crippen LogP contribution < -0.4 is 15.6 Å². The molecule has 0 saturated carbocycles. The summed E-state index contributed by atoms with van der Waals surface area (Å²) < 4.78 is 34.2. The molecule has 0 aliphatic rings. The van der Waals surface area contributed by atoms with E-state index in [-0.39, 0.29) is 23.4 Å². The maximum atomic E-state index is 14.4. The zero-order valence-corrected chi connectivity index (χ0v) is 19.8. The summed E-state index contributed by atoms with van der Waals surface area (Å²) in [5.41, 5.74) is 2.24. The number of aliphatic hydroxyl groups is 1. The summed E-state index contributed by atoms with van der Waals surface area (Å²) in [4.78, 5) is 14.2. The summed E-state index contributed by atoms with van der Waals surface area (Å²) in [6, 6.07) is 19.0. The number of aromatic nitrogens is 1. The first-order valence-electron chi connectivity index (χ1n) is 11.6. The van der Waals surface area contributed by atoms with E-state index in [9.17, 15) is 23.8 Å². The van der Waals surface area contributed by atoms with Crippen molar-refractivity contribution in [3.63, 3.8) is 0 Å². The lowest BCUT2D eigenvalue weighted by Gasteiger charge is -2.19. The van der Waals surface area contributed by atoms with Crippen molar-refractivity contribution in [2.24, 2.45) is 0 Å². The van der Waals surface area contributed by atoms with Gasteiger partial charge in [0.25, 0.3) is 0 Å². The number of aromatic hydroxyl groups is 1. The summed E-state index contributed by atoms with van der Waals surface area (Å²) in [6.07, 6.45) is -0.180.